The highest BCUT2D eigenvalue weighted by Crippen LogP contribution is 2.39. The second-order valence-corrected chi connectivity index (χ2v) is 10.8. The molecule has 3 aromatic rings. The first-order valence-corrected chi connectivity index (χ1v) is 12.7. The topological polar surface area (TPSA) is 97.3 Å². The Morgan fingerprint density at radius 1 is 1.15 bits per heavy atom. The number of carbonyl (C=O) groups excluding carboxylic acids is 1. The van der Waals surface area contributed by atoms with Crippen molar-refractivity contribution in [1.29, 1.82) is 0 Å². The number of aromatic nitrogens is 3. The summed E-state index contributed by atoms with van der Waals surface area (Å²) in [5.74, 6) is -2.00. The van der Waals surface area contributed by atoms with Crippen molar-refractivity contribution >= 4 is 5.91 Å². The van der Waals surface area contributed by atoms with Gasteiger partial charge in [-0.3, -0.25) is 4.79 Å². The second-order valence-electron chi connectivity index (χ2n) is 10.8. The summed E-state index contributed by atoms with van der Waals surface area (Å²) in [6, 6.07) is 8.14. The Kier molecular flexibility index (Phi) is 9.50. The number of aliphatic hydroxyl groups is 1. The highest BCUT2D eigenvalue weighted by atomic mass is 19.3. The van der Waals surface area contributed by atoms with Gasteiger partial charge < -0.3 is 15.7 Å². The number of alkyl halides is 2. The maximum absolute atomic E-state index is 14.8. The molecule has 0 aliphatic heterocycles. The molecule has 0 aliphatic rings. The highest BCUT2D eigenvalue weighted by molar-refractivity contribution is 5.80. The van der Waals surface area contributed by atoms with Gasteiger partial charge in [0.2, 0.25) is 0 Å². The quantitative estimate of drug-likeness (QED) is 0.352. The third-order valence-electron chi connectivity index (χ3n) is 6.33. The number of nitrogens with zero attached hydrogens (tertiary/aromatic N) is 4. The van der Waals surface area contributed by atoms with Crippen LogP contribution in [0.1, 0.15) is 57.1 Å². The van der Waals surface area contributed by atoms with E-state index in [2.05, 4.69) is 10.1 Å². The van der Waals surface area contributed by atoms with E-state index in [1.165, 1.54) is 16.5 Å². The number of hydrogen-bond acceptors (Lipinski definition) is 5. The summed E-state index contributed by atoms with van der Waals surface area (Å²) in [7, 11) is 0. The first-order valence-electron chi connectivity index (χ1n) is 12.7. The van der Waals surface area contributed by atoms with Crippen LogP contribution in [0.15, 0.2) is 42.5 Å². The number of halogens is 4. The van der Waals surface area contributed by atoms with E-state index in [9.17, 15) is 27.5 Å². The third-order valence-corrected chi connectivity index (χ3v) is 6.33. The normalized spacial score (nSPS) is 14.4. The Labute approximate surface area is 225 Å². The van der Waals surface area contributed by atoms with Crippen LogP contribution in [0.25, 0.3) is 11.4 Å². The van der Waals surface area contributed by atoms with E-state index in [1.807, 2.05) is 52.0 Å². The van der Waals surface area contributed by atoms with Gasteiger partial charge >= 0.3 is 0 Å². The Balaban J connectivity index is 2.22. The van der Waals surface area contributed by atoms with Gasteiger partial charge in [-0.15, -0.1) is 0 Å². The summed E-state index contributed by atoms with van der Waals surface area (Å²) in [5.41, 5.74) is 6.49. The number of hydrogen-bond donors (Lipinski definition) is 2. The number of amides is 1. The standard InChI is InChI=1S/C28H35F4N5O2/c1-16-7-6-8-18(13-16)15-37-26(34-25(35-37)20-14-19(29)9-10-21(20)30)23(28(3,4)5)36(27(39)17(2)38)12-11-22(33)24(31)32/h6-10,13-14,17,22-24,38H,11-12,15,33H2,1-5H3/t17-,22+,23-/m0/s1. The molecule has 1 heterocycles. The fourth-order valence-corrected chi connectivity index (χ4v) is 4.45. The predicted octanol–water partition coefficient (Wildman–Crippen LogP) is 4.86. The fourth-order valence-electron chi connectivity index (χ4n) is 4.45. The van der Waals surface area contributed by atoms with Gasteiger partial charge in [0.1, 0.15) is 17.7 Å². The number of benzene rings is 2. The van der Waals surface area contributed by atoms with Crippen LogP contribution in [0.5, 0.6) is 0 Å². The minimum Gasteiger partial charge on any atom is -0.384 e. The lowest BCUT2D eigenvalue weighted by Crippen LogP contribution is -2.48. The van der Waals surface area contributed by atoms with E-state index >= 15 is 0 Å². The maximum atomic E-state index is 14.8. The molecule has 2 aromatic carbocycles. The Morgan fingerprint density at radius 3 is 2.44 bits per heavy atom. The molecule has 0 saturated heterocycles. The molecule has 3 rings (SSSR count). The van der Waals surface area contributed by atoms with E-state index in [4.69, 9.17) is 5.73 Å². The second kappa shape index (κ2) is 12.3. The highest BCUT2D eigenvalue weighted by Gasteiger charge is 2.40. The van der Waals surface area contributed by atoms with Crippen LogP contribution in [0.4, 0.5) is 17.6 Å². The maximum Gasteiger partial charge on any atom is 0.253 e. The summed E-state index contributed by atoms with van der Waals surface area (Å²) < 4.78 is 56.8. The summed E-state index contributed by atoms with van der Waals surface area (Å²) in [4.78, 5) is 19.1. The molecule has 0 bridgehead atoms. The van der Waals surface area contributed by atoms with Crippen molar-refractivity contribution in [3.8, 4) is 11.4 Å². The van der Waals surface area contributed by atoms with E-state index in [0.717, 1.165) is 29.3 Å². The van der Waals surface area contributed by atoms with Crippen molar-refractivity contribution in [3.63, 3.8) is 0 Å². The van der Waals surface area contributed by atoms with Crippen LogP contribution < -0.4 is 5.73 Å². The molecule has 3 atom stereocenters. The predicted molar refractivity (Wildman–Crippen MR) is 140 cm³/mol. The zero-order valence-corrected chi connectivity index (χ0v) is 22.7. The van der Waals surface area contributed by atoms with Gasteiger partial charge in [-0.1, -0.05) is 50.6 Å². The Hall–Kier alpha value is -3.31. The van der Waals surface area contributed by atoms with Crippen LogP contribution in [0.3, 0.4) is 0 Å². The number of nitrogens with two attached hydrogens (primary N) is 1. The molecular weight excluding hydrogens is 514 g/mol. The van der Waals surface area contributed by atoms with E-state index < -0.39 is 47.6 Å². The molecular formula is C28H35F4N5O2. The lowest BCUT2D eigenvalue weighted by Gasteiger charge is -2.40. The molecule has 39 heavy (non-hydrogen) atoms. The number of rotatable bonds is 10. The van der Waals surface area contributed by atoms with Crippen molar-refractivity contribution in [1.82, 2.24) is 19.7 Å². The molecule has 0 spiro atoms. The molecule has 0 saturated carbocycles. The molecule has 11 heteroatoms. The van der Waals surface area contributed by atoms with Crippen molar-refractivity contribution in [3.05, 3.63) is 71.1 Å². The van der Waals surface area contributed by atoms with E-state index in [1.54, 1.807) is 0 Å². The molecule has 1 amide bonds. The van der Waals surface area contributed by atoms with E-state index in [-0.39, 0.29) is 36.7 Å². The van der Waals surface area contributed by atoms with Crippen LogP contribution in [0.2, 0.25) is 0 Å². The fraction of sp³-hybridized carbons (Fsp3) is 0.464. The Morgan fingerprint density at radius 2 is 1.85 bits per heavy atom. The zero-order valence-electron chi connectivity index (χ0n) is 22.7. The molecule has 1 aromatic heterocycles. The van der Waals surface area contributed by atoms with Crippen molar-refractivity contribution < 1.29 is 27.5 Å². The largest absolute Gasteiger partial charge is 0.384 e. The van der Waals surface area contributed by atoms with Crippen molar-refractivity contribution in [2.45, 2.75) is 72.2 Å². The van der Waals surface area contributed by atoms with Gasteiger partial charge in [-0.2, -0.15) is 5.10 Å². The van der Waals surface area contributed by atoms with Gasteiger partial charge in [-0.25, -0.2) is 27.2 Å². The number of aryl methyl sites for hydroxylation is 1. The van der Waals surface area contributed by atoms with Crippen molar-refractivity contribution in [2.24, 2.45) is 11.1 Å². The summed E-state index contributed by atoms with van der Waals surface area (Å²) >= 11 is 0. The minimum absolute atomic E-state index is 0.0994. The van der Waals surface area contributed by atoms with Gasteiger partial charge in [0.25, 0.3) is 12.3 Å². The molecule has 3 N–H and O–H groups in total. The Bertz CT molecular complexity index is 1290. The van der Waals surface area contributed by atoms with Gasteiger partial charge in [0.05, 0.1) is 24.2 Å². The molecule has 0 unspecified atom stereocenters. The summed E-state index contributed by atoms with van der Waals surface area (Å²) in [5, 5.41) is 14.7. The average Bonchev–Trinajstić information content (AvgIpc) is 3.23. The monoisotopic (exact) mass is 549 g/mol. The van der Waals surface area contributed by atoms with Gasteiger partial charge in [0, 0.05) is 6.54 Å². The first kappa shape index (κ1) is 30.2. The van der Waals surface area contributed by atoms with Gasteiger partial charge in [0.15, 0.2) is 11.6 Å². The van der Waals surface area contributed by atoms with E-state index in [0.29, 0.717) is 0 Å². The number of carbonyl (C=O) groups is 1. The first-order chi connectivity index (χ1) is 18.2. The molecule has 212 valence electrons. The van der Waals surface area contributed by atoms with Crippen LogP contribution in [-0.2, 0) is 11.3 Å². The zero-order chi connectivity index (χ0) is 29.1. The molecule has 0 fully saturated rings. The van der Waals surface area contributed by atoms with Gasteiger partial charge in [-0.05, 0) is 49.4 Å². The van der Waals surface area contributed by atoms with Crippen molar-refractivity contribution in [2.75, 3.05) is 6.54 Å². The molecule has 7 nitrogen and oxygen atoms in total. The lowest BCUT2D eigenvalue weighted by atomic mass is 9.84. The van der Waals surface area contributed by atoms with Crippen LogP contribution >= 0.6 is 0 Å². The smallest absolute Gasteiger partial charge is 0.253 e. The summed E-state index contributed by atoms with van der Waals surface area (Å²) in [6.07, 6.45) is -4.47. The molecule has 0 aliphatic carbocycles. The third kappa shape index (κ3) is 7.42. The summed E-state index contributed by atoms with van der Waals surface area (Å²) in [6.45, 7) is 8.65. The molecule has 0 radical (unpaired) electrons. The SMILES string of the molecule is Cc1cccc(Cn2nc(-c3cc(F)ccc3F)nc2[C@H](N(CC[C@@H](N)C(F)F)C(=O)[C@H](C)O)C(C)(C)C)c1. The number of aliphatic hydroxyl groups excluding tert-OH is 1. The minimum atomic E-state index is -2.80. The van der Waals surface area contributed by atoms with Crippen LogP contribution in [0, 0.1) is 24.0 Å². The average molecular weight is 550 g/mol. The van der Waals surface area contributed by atoms with Crippen LogP contribution in [-0.4, -0.2) is 55.8 Å². The lowest BCUT2D eigenvalue weighted by molar-refractivity contribution is -0.145.